The SMILES string of the molecule is Cc1nc(-c2ccc(N3CC(CN)OC3=O)cc2)no1. The second kappa shape index (κ2) is 4.93. The van der Waals surface area contributed by atoms with Gasteiger partial charge in [-0.2, -0.15) is 4.98 Å². The van der Waals surface area contributed by atoms with Gasteiger partial charge in [-0.1, -0.05) is 5.16 Å². The highest BCUT2D eigenvalue weighted by atomic mass is 16.6. The van der Waals surface area contributed by atoms with E-state index in [2.05, 4.69) is 10.1 Å². The van der Waals surface area contributed by atoms with Crippen LogP contribution in [0.2, 0.25) is 0 Å². The molecule has 2 heterocycles. The van der Waals surface area contributed by atoms with Crippen molar-refractivity contribution in [3.63, 3.8) is 0 Å². The van der Waals surface area contributed by atoms with E-state index >= 15 is 0 Å². The van der Waals surface area contributed by atoms with E-state index in [9.17, 15) is 4.79 Å². The van der Waals surface area contributed by atoms with Gasteiger partial charge in [0, 0.05) is 24.7 Å². The fraction of sp³-hybridized carbons (Fsp3) is 0.308. The van der Waals surface area contributed by atoms with E-state index in [0.717, 1.165) is 11.3 Å². The largest absolute Gasteiger partial charge is 0.443 e. The number of anilines is 1. The van der Waals surface area contributed by atoms with Crippen molar-refractivity contribution < 1.29 is 14.1 Å². The standard InChI is InChI=1S/C13H14N4O3/c1-8-15-12(16-20-8)9-2-4-10(5-3-9)17-7-11(6-14)19-13(17)18/h2-5,11H,6-7,14H2,1H3. The van der Waals surface area contributed by atoms with E-state index in [1.54, 1.807) is 11.8 Å². The number of aryl methyl sites for hydroxylation is 1. The molecular formula is C13H14N4O3. The topological polar surface area (TPSA) is 94.5 Å². The Labute approximate surface area is 115 Å². The van der Waals surface area contributed by atoms with Gasteiger partial charge in [-0.3, -0.25) is 4.90 Å². The summed E-state index contributed by atoms with van der Waals surface area (Å²) in [6.45, 7) is 2.52. The lowest BCUT2D eigenvalue weighted by atomic mass is 10.2. The number of nitrogens with two attached hydrogens (primary N) is 1. The van der Waals surface area contributed by atoms with Gasteiger partial charge in [0.2, 0.25) is 11.7 Å². The molecule has 0 radical (unpaired) electrons. The Morgan fingerprint density at radius 3 is 2.70 bits per heavy atom. The molecule has 0 aliphatic carbocycles. The summed E-state index contributed by atoms with van der Waals surface area (Å²) in [6.07, 6.45) is -0.620. The fourth-order valence-electron chi connectivity index (χ4n) is 2.06. The maximum atomic E-state index is 11.7. The van der Waals surface area contributed by atoms with Crippen LogP contribution in [0.1, 0.15) is 5.89 Å². The van der Waals surface area contributed by atoms with Crippen LogP contribution in [0, 0.1) is 6.92 Å². The highest BCUT2D eigenvalue weighted by molar-refractivity contribution is 5.90. The van der Waals surface area contributed by atoms with Gasteiger partial charge in [0.15, 0.2) is 0 Å². The smallest absolute Gasteiger partial charge is 0.414 e. The molecule has 1 saturated heterocycles. The van der Waals surface area contributed by atoms with Gasteiger partial charge in [-0.05, 0) is 24.3 Å². The highest BCUT2D eigenvalue weighted by Gasteiger charge is 2.31. The summed E-state index contributed by atoms with van der Waals surface area (Å²) in [4.78, 5) is 17.4. The Morgan fingerprint density at radius 2 is 2.15 bits per heavy atom. The average molecular weight is 274 g/mol. The number of carbonyl (C=O) groups excluding carboxylic acids is 1. The van der Waals surface area contributed by atoms with Gasteiger partial charge >= 0.3 is 6.09 Å². The number of cyclic esters (lactones) is 1. The minimum Gasteiger partial charge on any atom is -0.443 e. The highest BCUT2D eigenvalue weighted by Crippen LogP contribution is 2.24. The third-order valence-corrected chi connectivity index (χ3v) is 3.10. The molecule has 104 valence electrons. The molecule has 0 bridgehead atoms. The van der Waals surface area contributed by atoms with Crippen molar-refractivity contribution >= 4 is 11.8 Å². The lowest BCUT2D eigenvalue weighted by Crippen LogP contribution is -2.27. The van der Waals surface area contributed by atoms with Gasteiger partial charge < -0.3 is 15.0 Å². The zero-order valence-electron chi connectivity index (χ0n) is 10.9. The van der Waals surface area contributed by atoms with Gasteiger partial charge in [-0.15, -0.1) is 0 Å². The molecular weight excluding hydrogens is 260 g/mol. The van der Waals surface area contributed by atoms with Crippen LogP contribution < -0.4 is 10.6 Å². The second-order valence-electron chi connectivity index (χ2n) is 4.54. The number of aromatic nitrogens is 2. The number of carbonyl (C=O) groups is 1. The zero-order chi connectivity index (χ0) is 14.1. The van der Waals surface area contributed by atoms with E-state index in [0.29, 0.717) is 24.8 Å². The summed E-state index contributed by atoms with van der Waals surface area (Å²) >= 11 is 0. The monoisotopic (exact) mass is 274 g/mol. The third-order valence-electron chi connectivity index (χ3n) is 3.10. The molecule has 20 heavy (non-hydrogen) atoms. The number of ether oxygens (including phenoxy) is 1. The molecule has 3 rings (SSSR count). The summed E-state index contributed by atoms with van der Waals surface area (Å²) in [5.74, 6) is 1.04. The van der Waals surface area contributed by atoms with E-state index < -0.39 is 0 Å². The van der Waals surface area contributed by atoms with E-state index in [1.165, 1.54) is 0 Å². The quantitative estimate of drug-likeness (QED) is 0.907. The molecule has 1 aromatic carbocycles. The Hall–Kier alpha value is -2.41. The van der Waals surface area contributed by atoms with E-state index in [4.69, 9.17) is 15.0 Å². The van der Waals surface area contributed by atoms with Crippen LogP contribution >= 0.6 is 0 Å². The van der Waals surface area contributed by atoms with Gasteiger partial charge in [0.25, 0.3) is 0 Å². The summed E-state index contributed by atoms with van der Waals surface area (Å²) in [5, 5.41) is 3.85. The first-order valence-corrected chi connectivity index (χ1v) is 6.26. The summed E-state index contributed by atoms with van der Waals surface area (Å²) in [6, 6.07) is 7.31. The molecule has 1 aromatic heterocycles. The number of benzene rings is 1. The number of hydrogen-bond donors (Lipinski definition) is 1. The molecule has 1 amide bonds. The molecule has 0 spiro atoms. The first kappa shape index (κ1) is 12.6. The molecule has 1 aliphatic rings. The van der Waals surface area contributed by atoms with Crippen LogP contribution in [0.3, 0.4) is 0 Å². The van der Waals surface area contributed by atoms with Crippen molar-refractivity contribution in [2.24, 2.45) is 5.73 Å². The number of hydrogen-bond acceptors (Lipinski definition) is 6. The number of rotatable bonds is 3. The van der Waals surface area contributed by atoms with Crippen molar-refractivity contribution in [1.29, 1.82) is 0 Å². The predicted octanol–water partition coefficient (Wildman–Crippen LogP) is 1.33. The molecule has 7 nitrogen and oxygen atoms in total. The number of nitrogens with zero attached hydrogens (tertiary/aromatic N) is 3. The molecule has 1 aliphatic heterocycles. The molecule has 1 atom stereocenters. The van der Waals surface area contributed by atoms with Crippen molar-refractivity contribution in [2.75, 3.05) is 18.0 Å². The minimum atomic E-state index is -0.372. The number of amides is 1. The minimum absolute atomic E-state index is 0.248. The van der Waals surface area contributed by atoms with E-state index in [-0.39, 0.29) is 12.2 Å². The molecule has 2 N–H and O–H groups in total. The zero-order valence-corrected chi connectivity index (χ0v) is 10.9. The van der Waals surface area contributed by atoms with Crippen molar-refractivity contribution in [1.82, 2.24) is 10.1 Å². The summed E-state index contributed by atoms with van der Waals surface area (Å²) < 4.78 is 10.1. The van der Waals surface area contributed by atoms with Crippen LogP contribution in [-0.2, 0) is 4.74 Å². The molecule has 0 saturated carbocycles. The van der Waals surface area contributed by atoms with Crippen LogP contribution in [0.25, 0.3) is 11.4 Å². The lowest BCUT2D eigenvalue weighted by molar-refractivity contribution is 0.145. The Balaban J connectivity index is 1.81. The normalized spacial score (nSPS) is 18.4. The molecule has 1 fully saturated rings. The molecule has 2 aromatic rings. The van der Waals surface area contributed by atoms with Crippen LogP contribution in [0.4, 0.5) is 10.5 Å². The molecule has 7 heteroatoms. The Morgan fingerprint density at radius 1 is 1.40 bits per heavy atom. The maximum absolute atomic E-state index is 11.7. The lowest BCUT2D eigenvalue weighted by Gasteiger charge is -2.12. The molecule has 1 unspecified atom stereocenters. The van der Waals surface area contributed by atoms with Crippen molar-refractivity contribution in [2.45, 2.75) is 13.0 Å². The second-order valence-corrected chi connectivity index (χ2v) is 4.54. The summed E-state index contributed by atoms with van der Waals surface area (Å²) in [7, 11) is 0. The fourth-order valence-corrected chi connectivity index (χ4v) is 2.06. The summed E-state index contributed by atoms with van der Waals surface area (Å²) in [5.41, 5.74) is 7.09. The average Bonchev–Trinajstić information content (AvgIpc) is 3.05. The maximum Gasteiger partial charge on any atom is 0.414 e. The Kier molecular flexibility index (Phi) is 3.11. The van der Waals surface area contributed by atoms with E-state index in [1.807, 2.05) is 24.3 Å². The van der Waals surface area contributed by atoms with Crippen molar-refractivity contribution in [3.05, 3.63) is 30.2 Å². The van der Waals surface area contributed by atoms with Gasteiger partial charge in [0.1, 0.15) is 6.10 Å². The Bertz CT molecular complexity index is 623. The van der Waals surface area contributed by atoms with Crippen molar-refractivity contribution in [3.8, 4) is 11.4 Å². The van der Waals surface area contributed by atoms with Crippen LogP contribution in [-0.4, -0.2) is 35.4 Å². The first-order chi connectivity index (χ1) is 9.67. The van der Waals surface area contributed by atoms with Gasteiger partial charge in [0.05, 0.1) is 6.54 Å². The first-order valence-electron chi connectivity index (χ1n) is 6.26. The van der Waals surface area contributed by atoms with Crippen LogP contribution in [0.5, 0.6) is 0 Å². The van der Waals surface area contributed by atoms with Crippen LogP contribution in [0.15, 0.2) is 28.8 Å². The third kappa shape index (κ3) is 2.23. The van der Waals surface area contributed by atoms with Gasteiger partial charge in [-0.25, -0.2) is 4.79 Å². The predicted molar refractivity (Wildman–Crippen MR) is 71.1 cm³/mol.